The van der Waals surface area contributed by atoms with Crippen LogP contribution in [0.5, 0.6) is 0 Å². The van der Waals surface area contributed by atoms with E-state index >= 15 is 0 Å². The summed E-state index contributed by atoms with van der Waals surface area (Å²) in [6.07, 6.45) is 7.66. The van der Waals surface area contributed by atoms with Crippen molar-refractivity contribution < 1.29 is 0 Å². The summed E-state index contributed by atoms with van der Waals surface area (Å²) in [6, 6.07) is 7.03. The van der Waals surface area contributed by atoms with Crippen LogP contribution in [0.3, 0.4) is 0 Å². The van der Waals surface area contributed by atoms with Crippen molar-refractivity contribution in [3.05, 3.63) is 34.9 Å². The second kappa shape index (κ2) is 9.25. The molecule has 0 radical (unpaired) electrons. The van der Waals surface area contributed by atoms with Crippen molar-refractivity contribution in [1.29, 1.82) is 0 Å². The number of nitrogens with one attached hydrogen (secondary N) is 1. The first-order chi connectivity index (χ1) is 10.0. The van der Waals surface area contributed by atoms with Crippen molar-refractivity contribution in [1.82, 2.24) is 5.32 Å². The zero-order valence-electron chi connectivity index (χ0n) is 14.9. The number of hydrogen-bond donors (Lipinski definition) is 1. The molecule has 0 aliphatic rings. The molecule has 1 unspecified atom stereocenters. The molecule has 1 atom stereocenters. The minimum absolute atomic E-state index is 0.422. The van der Waals surface area contributed by atoms with Gasteiger partial charge in [-0.1, -0.05) is 62.9 Å². The van der Waals surface area contributed by atoms with Gasteiger partial charge in [-0.25, -0.2) is 0 Å². The molecule has 1 aromatic carbocycles. The van der Waals surface area contributed by atoms with E-state index in [1.807, 2.05) is 0 Å². The van der Waals surface area contributed by atoms with Crippen LogP contribution in [0.4, 0.5) is 0 Å². The molecule has 120 valence electrons. The van der Waals surface area contributed by atoms with Gasteiger partial charge in [-0.3, -0.25) is 0 Å². The Hall–Kier alpha value is -0.820. The van der Waals surface area contributed by atoms with E-state index < -0.39 is 0 Å². The molecule has 0 saturated carbocycles. The largest absolute Gasteiger partial charge is 0.316 e. The molecular formula is C20H35N. The lowest BCUT2D eigenvalue weighted by Crippen LogP contribution is -2.36. The Morgan fingerprint density at radius 3 is 2.14 bits per heavy atom. The van der Waals surface area contributed by atoms with Crippen molar-refractivity contribution in [3.8, 4) is 0 Å². The Bertz CT molecular complexity index is 390. The molecule has 0 aliphatic heterocycles. The molecule has 0 aliphatic carbocycles. The highest BCUT2D eigenvalue weighted by molar-refractivity contribution is 5.29. The molecule has 0 saturated heterocycles. The van der Waals surface area contributed by atoms with Crippen molar-refractivity contribution in [2.24, 2.45) is 5.41 Å². The Morgan fingerprint density at radius 2 is 1.62 bits per heavy atom. The second-order valence-electron chi connectivity index (χ2n) is 6.81. The van der Waals surface area contributed by atoms with Crippen molar-refractivity contribution >= 4 is 0 Å². The molecule has 1 rings (SSSR count). The lowest BCUT2D eigenvalue weighted by Gasteiger charge is -2.34. The summed E-state index contributed by atoms with van der Waals surface area (Å²) in [7, 11) is 0. The zero-order chi connectivity index (χ0) is 15.7. The maximum absolute atomic E-state index is 3.69. The second-order valence-corrected chi connectivity index (χ2v) is 6.81. The van der Waals surface area contributed by atoms with E-state index in [1.54, 1.807) is 0 Å². The topological polar surface area (TPSA) is 12.0 Å². The Balaban J connectivity index is 2.87. The van der Waals surface area contributed by atoms with Crippen LogP contribution in [0.1, 0.15) is 69.6 Å². The molecule has 0 bridgehead atoms. The third kappa shape index (κ3) is 6.22. The van der Waals surface area contributed by atoms with E-state index in [0.29, 0.717) is 5.41 Å². The quantitative estimate of drug-likeness (QED) is 0.566. The molecular weight excluding hydrogens is 254 g/mol. The maximum Gasteiger partial charge on any atom is 0.00109 e. The molecule has 1 nitrogen and oxygen atoms in total. The first-order valence-corrected chi connectivity index (χ1v) is 8.83. The van der Waals surface area contributed by atoms with Gasteiger partial charge in [0.1, 0.15) is 0 Å². The molecule has 1 aromatic rings. The normalized spacial score (nSPS) is 14.1. The molecule has 0 spiro atoms. The first kappa shape index (κ1) is 18.2. The third-order valence-electron chi connectivity index (χ3n) is 4.60. The van der Waals surface area contributed by atoms with Crippen LogP contribution in [0.25, 0.3) is 0 Å². The fourth-order valence-corrected chi connectivity index (χ4v) is 3.35. The van der Waals surface area contributed by atoms with Crippen molar-refractivity contribution in [2.45, 2.75) is 73.1 Å². The highest BCUT2D eigenvalue weighted by Crippen LogP contribution is 2.33. The average molecular weight is 290 g/mol. The minimum Gasteiger partial charge on any atom is -0.316 e. The van der Waals surface area contributed by atoms with Gasteiger partial charge in [0, 0.05) is 6.54 Å². The van der Waals surface area contributed by atoms with Crippen molar-refractivity contribution in [2.75, 3.05) is 13.1 Å². The van der Waals surface area contributed by atoms with Gasteiger partial charge in [0.25, 0.3) is 0 Å². The predicted molar refractivity (Wildman–Crippen MR) is 95.0 cm³/mol. The van der Waals surface area contributed by atoms with Gasteiger partial charge in [-0.2, -0.15) is 0 Å². The van der Waals surface area contributed by atoms with E-state index in [4.69, 9.17) is 0 Å². The van der Waals surface area contributed by atoms with E-state index in [2.05, 4.69) is 58.1 Å². The summed E-state index contributed by atoms with van der Waals surface area (Å²) in [5.41, 5.74) is 4.73. The van der Waals surface area contributed by atoms with Crippen LogP contribution in [-0.4, -0.2) is 13.1 Å². The van der Waals surface area contributed by atoms with E-state index in [0.717, 1.165) is 13.1 Å². The number of rotatable bonds is 10. The molecule has 0 aromatic heterocycles. The van der Waals surface area contributed by atoms with Crippen LogP contribution in [0.2, 0.25) is 0 Å². The van der Waals surface area contributed by atoms with Gasteiger partial charge in [-0.05, 0) is 57.1 Å². The van der Waals surface area contributed by atoms with Gasteiger partial charge in [0.15, 0.2) is 0 Å². The molecule has 1 heteroatoms. The predicted octanol–water partition coefficient (Wildman–Crippen LogP) is 5.43. The SMILES string of the molecule is CCCCC(CC)(CNCCC)Cc1cc(C)cc(C)c1. The summed E-state index contributed by atoms with van der Waals surface area (Å²) >= 11 is 0. The number of unbranched alkanes of at least 4 members (excludes halogenated alkanes) is 1. The monoisotopic (exact) mass is 289 g/mol. The number of hydrogen-bond acceptors (Lipinski definition) is 1. The highest BCUT2D eigenvalue weighted by atomic mass is 14.9. The maximum atomic E-state index is 3.69. The first-order valence-electron chi connectivity index (χ1n) is 8.83. The van der Waals surface area contributed by atoms with Gasteiger partial charge in [0.2, 0.25) is 0 Å². The molecule has 21 heavy (non-hydrogen) atoms. The zero-order valence-corrected chi connectivity index (χ0v) is 14.9. The summed E-state index contributed by atoms with van der Waals surface area (Å²) in [5.74, 6) is 0. The van der Waals surface area contributed by atoms with Crippen LogP contribution < -0.4 is 5.32 Å². The average Bonchev–Trinajstić information content (AvgIpc) is 2.43. The fraction of sp³-hybridized carbons (Fsp3) is 0.700. The lowest BCUT2D eigenvalue weighted by atomic mass is 9.75. The van der Waals surface area contributed by atoms with Crippen LogP contribution in [0, 0.1) is 19.3 Å². The van der Waals surface area contributed by atoms with Crippen LogP contribution in [-0.2, 0) is 6.42 Å². The Kier molecular flexibility index (Phi) is 8.03. The summed E-state index contributed by atoms with van der Waals surface area (Å²) in [4.78, 5) is 0. The Morgan fingerprint density at radius 1 is 0.952 bits per heavy atom. The van der Waals surface area contributed by atoms with Gasteiger partial charge in [0.05, 0.1) is 0 Å². The molecule has 0 heterocycles. The summed E-state index contributed by atoms with van der Waals surface area (Å²) in [5, 5.41) is 3.69. The standard InChI is InChI=1S/C20H35N/c1-6-9-10-20(8-3,16-21-11-7-2)15-19-13-17(4)12-18(5)14-19/h12-14,21H,6-11,15-16H2,1-5H3. The minimum atomic E-state index is 0.422. The molecule has 0 fully saturated rings. The fourth-order valence-electron chi connectivity index (χ4n) is 3.35. The summed E-state index contributed by atoms with van der Waals surface area (Å²) < 4.78 is 0. The van der Waals surface area contributed by atoms with Gasteiger partial charge >= 0.3 is 0 Å². The number of benzene rings is 1. The smallest absolute Gasteiger partial charge is 0.00109 e. The van der Waals surface area contributed by atoms with E-state index in [1.165, 1.54) is 55.2 Å². The van der Waals surface area contributed by atoms with Crippen molar-refractivity contribution in [3.63, 3.8) is 0 Å². The highest BCUT2D eigenvalue weighted by Gasteiger charge is 2.27. The van der Waals surface area contributed by atoms with Gasteiger partial charge < -0.3 is 5.32 Å². The lowest BCUT2D eigenvalue weighted by molar-refractivity contribution is 0.229. The van der Waals surface area contributed by atoms with E-state index in [9.17, 15) is 0 Å². The third-order valence-corrected chi connectivity index (χ3v) is 4.60. The molecule has 1 N–H and O–H groups in total. The summed E-state index contributed by atoms with van der Waals surface area (Å²) in [6.45, 7) is 13.6. The van der Waals surface area contributed by atoms with Gasteiger partial charge in [-0.15, -0.1) is 0 Å². The number of aryl methyl sites for hydroxylation is 2. The van der Waals surface area contributed by atoms with E-state index in [-0.39, 0.29) is 0 Å². The van der Waals surface area contributed by atoms with Crippen LogP contribution in [0.15, 0.2) is 18.2 Å². The molecule has 0 amide bonds. The van der Waals surface area contributed by atoms with Crippen LogP contribution >= 0.6 is 0 Å². The Labute approximate surface area is 132 Å².